The highest BCUT2D eigenvalue weighted by molar-refractivity contribution is 7.10. The van der Waals surface area contributed by atoms with E-state index >= 15 is 0 Å². The van der Waals surface area contributed by atoms with Crippen LogP contribution >= 0.6 is 34.5 Å². The van der Waals surface area contributed by atoms with Gasteiger partial charge >= 0.3 is 0 Å². The molecular formula is C13H11Cl2FOS. The van der Waals surface area contributed by atoms with Crippen LogP contribution in [0.2, 0.25) is 5.02 Å². The fraction of sp³-hybridized carbons (Fsp3) is 0.231. The van der Waals surface area contributed by atoms with E-state index in [2.05, 4.69) is 0 Å². The molecule has 0 saturated heterocycles. The van der Waals surface area contributed by atoms with Crippen molar-refractivity contribution >= 4 is 34.5 Å². The van der Waals surface area contributed by atoms with E-state index in [1.807, 2.05) is 11.4 Å². The fourth-order valence-electron chi connectivity index (χ4n) is 1.60. The van der Waals surface area contributed by atoms with Gasteiger partial charge in [0.25, 0.3) is 0 Å². The van der Waals surface area contributed by atoms with Crippen molar-refractivity contribution in [2.45, 2.75) is 12.3 Å². The van der Waals surface area contributed by atoms with Gasteiger partial charge in [0.1, 0.15) is 11.6 Å². The van der Waals surface area contributed by atoms with E-state index in [0.29, 0.717) is 16.1 Å². The zero-order valence-corrected chi connectivity index (χ0v) is 12.2. The molecule has 0 fully saturated rings. The number of aryl methyl sites for hydroxylation is 1. The maximum absolute atomic E-state index is 13.3. The quantitative estimate of drug-likeness (QED) is 0.709. The lowest BCUT2D eigenvalue weighted by Crippen LogP contribution is -1.95. The molecule has 1 heterocycles. The van der Waals surface area contributed by atoms with Crippen molar-refractivity contribution in [3.8, 4) is 5.75 Å². The third-order valence-electron chi connectivity index (χ3n) is 2.63. The second kappa shape index (κ2) is 5.47. The largest absolute Gasteiger partial charge is 0.496 e. The summed E-state index contributed by atoms with van der Waals surface area (Å²) in [5.41, 5.74) is 1.24. The molecule has 0 amide bonds. The van der Waals surface area contributed by atoms with Gasteiger partial charge in [0, 0.05) is 15.3 Å². The van der Waals surface area contributed by atoms with Crippen molar-refractivity contribution in [1.29, 1.82) is 0 Å². The molecule has 0 saturated carbocycles. The highest BCUT2D eigenvalue weighted by atomic mass is 35.5. The summed E-state index contributed by atoms with van der Waals surface area (Å²) in [6, 6.07) is 4.84. The van der Waals surface area contributed by atoms with Crippen molar-refractivity contribution < 1.29 is 9.13 Å². The monoisotopic (exact) mass is 304 g/mol. The summed E-state index contributed by atoms with van der Waals surface area (Å²) in [7, 11) is 1.60. The summed E-state index contributed by atoms with van der Waals surface area (Å²) in [5.74, 6) is 0.437. The van der Waals surface area contributed by atoms with Gasteiger partial charge < -0.3 is 4.74 Å². The Morgan fingerprint density at radius 3 is 2.67 bits per heavy atom. The summed E-state index contributed by atoms with van der Waals surface area (Å²) < 4.78 is 18.5. The molecule has 0 aliphatic carbocycles. The summed E-state index contributed by atoms with van der Waals surface area (Å²) >= 11 is 13.9. The summed E-state index contributed by atoms with van der Waals surface area (Å²) in [4.78, 5) is 0.918. The van der Waals surface area contributed by atoms with Crippen molar-refractivity contribution in [3.05, 3.63) is 50.4 Å². The van der Waals surface area contributed by atoms with Crippen LogP contribution in [0.25, 0.3) is 0 Å². The number of halogens is 3. The third-order valence-corrected chi connectivity index (χ3v) is 4.53. The zero-order chi connectivity index (χ0) is 13.3. The summed E-state index contributed by atoms with van der Waals surface area (Å²) in [6.45, 7) is 1.69. The Morgan fingerprint density at radius 1 is 1.33 bits per heavy atom. The molecule has 96 valence electrons. The van der Waals surface area contributed by atoms with Crippen molar-refractivity contribution in [1.82, 2.24) is 0 Å². The van der Waals surface area contributed by atoms with Crippen LogP contribution in [0.5, 0.6) is 5.75 Å². The van der Waals surface area contributed by atoms with Crippen LogP contribution in [-0.4, -0.2) is 7.11 Å². The molecule has 2 rings (SSSR count). The standard InChI is InChI=1S/C13H11Cl2FOS/c1-7-3-9(10(14)5-11(7)16)13(15)12-4-8(17-2)6-18-12/h3-6,13H,1-2H3. The SMILES string of the molecule is COc1csc(C(Cl)c2cc(C)c(F)cc2Cl)c1. The molecule has 1 unspecified atom stereocenters. The number of alkyl halides is 1. The predicted molar refractivity (Wildman–Crippen MR) is 74.7 cm³/mol. The number of benzene rings is 1. The fourth-order valence-corrected chi connectivity index (χ4v) is 3.16. The molecule has 0 radical (unpaired) electrons. The van der Waals surface area contributed by atoms with Crippen LogP contribution < -0.4 is 4.74 Å². The molecule has 1 nitrogen and oxygen atoms in total. The lowest BCUT2D eigenvalue weighted by molar-refractivity contribution is 0.416. The van der Waals surface area contributed by atoms with Gasteiger partial charge in [-0.3, -0.25) is 0 Å². The molecule has 0 spiro atoms. The Balaban J connectivity index is 2.39. The lowest BCUT2D eigenvalue weighted by Gasteiger charge is -2.11. The van der Waals surface area contributed by atoms with Gasteiger partial charge in [-0.2, -0.15) is 0 Å². The minimum Gasteiger partial charge on any atom is -0.496 e. The number of hydrogen-bond donors (Lipinski definition) is 0. The van der Waals surface area contributed by atoms with E-state index in [0.717, 1.165) is 10.6 Å². The lowest BCUT2D eigenvalue weighted by atomic mass is 10.1. The van der Waals surface area contributed by atoms with Gasteiger partial charge in [0.2, 0.25) is 0 Å². The van der Waals surface area contributed by atoms with E-state index in [1.54, 1.807) is 20.1 Å². The summed E-state index contributed by atoms with van der Waals surface area (Å²) in [6.07, 6.45) is 0. The predicted octanol–water partition coefficient (Wildman–Crippen LogP) is 5.19. The van der Waals surface area contributed by atoms with Crippen molar-refractivity contribution in [2.24, 2.45) is 0 Å². The molecule has 2 aromatic rings. The summed E-state index contributed by atoms with van der Waals surface area (Å²) in [5, 5.41) is 1.81. The van der Waals surface area contributed by atoms with Crippen molar-refractivity contribution in [3.63, 3.8) is 0 Å². The maximum Gasteiger partial charge on any atom is 0.129 e. The second-order valence-electron chi connectivity index (χ2n) is 3.87. The maximum atomic E-state index is 13.3. The molecule has 0 bridgehead atoms. The van der Waals surface area contributed by atoms with Crippen LogP contribution in [0.1, 0.15) is 21.4 Å². The van der Waals surface area contributed by atoms with E-state index in [9.17, 15) is 4.39 Å². The molecular weight excluding hydrogens is 294 g/mol. The Kier molecular flexibility index (Phi) is 4.15. The molecule has 18 heavy (non-hydrogen) atoms. The Bertz CT molecular complexity index is 568. The molecule has 0 aliphatic rings. The number of hydrogen-bond acceptors (Lipinski definition) is 2. The Labute approximate surface area is 119 Å². The van der Waals surface area contributed by atoms with Gasteiger partial charge in [-0.25, -0.2) is 4.39 Å². The first kappa shape index (κ1) is 13.7. The van der Waals surface area contributed by atoms with E-state index in [-0.39, 0.29) is 5.82 Å². The normalized spacial score (nSPS) is 12.5. The molecule has 0 aliphatic heterocycles. The first-order valence-electron chi connectivity index (χ1n) is 5.25. The van der Waals surface area contributed by atoms with E-state index in [4.69, 9.17) is 27.9 Å². The first-order chi connectivity index (χ1) is 8.52. The molecule has 1 aromatic carbocycles. The highest BCUT2D eigenvalue weighted by Gasteiger charge is 2.18. The third kappa shape index (κ3) is 2.63. The van der Waals surface area contributed by atoms with Gasteiger partial charge in [-0.1, -0.05) is 11.6 Å². The van der Waals surface area contributed by atoms with Gasteiger partial charge in [0.15, 0.2) is 0 Å². The average Bonchev–Trinajstić information content (AvgIpc) is 2.81. The van der Waals surface area contributed by atoms with Crippen LogP contribution in [0.15, 0.2) is 23.6 Å². The van der Waals surface area contributed by atoms with E-state index in [1.165, 1.54) is 17.4 Å². The highest BCUT2D eigenvalue weighted by Crippen LogP contribution is 2.39. The van der Waals surface area contributed by atoms with Gasteiger partial charge in [-0.05, 0) is 36.2 Å². The molecule has 5 heteroatoms. The Morgan fingerprint density at radius 2 is 2.06 bits per heavy atom. The topological polar surface area (TPSA) is 9.23 Å². The molecule has 1 aromatic heterocycles. The van der Waals surface area contributed by atoms with Gasteiger partial charge in [0.05, 0.1) is 12.5 Å². The Hall–Kier alpha value is -0.770. The van der Waals surface area contributed by atoms with Crippen molar-refractivity contribution in [2.75, 3.05) is 7.11 Å². The minimum absolute atomic E-state index is 0.323. The number of methoxy groups -OCH3 is 1. The smallest absolute Gasteiger partial charge is 0.129 e. The molecule has 0 N–H and O–H groups in total. The minimum atomic E-state index is -0.398. The average molecular weight is 305 g/mol. The van der Waals surface area contributed by atoms with Crippen LogP contribution in [-0.2, 0) is 0 Å². The number of thiophene rings is 1. The number of ether oxygens (including phenoxy) is 1. The number of rotatable bonds is 3. The zero-order valence-electron chi connectivity index (χ0n) is 9.84. The van der Waals surface area contributed by atoms with Crippen LogP contribution in [0.4, 0.5) is 4.39 Å². The van der Waals surface area contributed by atoms with Crippen LogP contribution in [0, 0.1) is 12.7 Å². The second-order valence-corrected chi connectivity index (χ2v) is 5.66. The molecule has 1 atom stereocenters. The van der Waals surface area contributed by atoms with Crippen LogP contribution in [0.3, 0.4) is 0 Å². The van der Waals surface area contributed by atoms with E-state index < -0.39 is 5.38 Å². The first-order valence-corrected chi connectivity index (χ1v) is 6.94. The van der Waals surface area contributed by atoms with Gasteiger partial charge in [-0.15, -0.1) is 22.9 Å².